The minimum atomic E-state index is -0.504. The molecule has 4 rings (SSSR count). The molecule has 3 aromatic rings. The summed E-state index contributed by atoms with van der Waals surface area (Å²) >= 11 is 0. The quantitative estimate of drug-likeness (QED) is 0.446. The molecule has 0 bridgehead atoms. The molecule has 32 heavy (non-hydrogen) atoms. The van der Waals surface area contributed by atoms with E-state index in [0.717, 1.165) is 35.5 Å². The Hall–Kier alpha value is -3.68. The van der Waals surface area contributed by atoms with Gasteiger partial charge in [-0.2, -0.15) is 0 Å². The molecule has 1 heterocycles. The summed E-state index contributed by atoms with van der Waals surface area (Å²) in [5, 5.41) is 18.6. The number of hydrogen-bond acceptors (Lipinski definition) is 7. The number of phenols is 1. The van der Waals surface area contributed by atoms with Crippen LogP contribution in [-0.2, 0) is 25.5 Å². The van der Waals surface area contributed by atoms with E-state index in [1.807, 2.05) is 24.3 Å². The molecule has 2 atom stereocenters. The topological polar surface area (TPSA) is 104 Å². The number of aryl methyl sites for hydroxylation is 1. The molecule has 1 saturated carbocycles. The van der Waals surface area contributed by atoms with Crippen LogP contribution in [0.25, 0.3) is 16.7 Å². The van der Waals surface area contributed by atoms with E-state index < -0.39 is 18.2 Å². The molecule has 1 aliphatic rings. The van der Waals surface area contributed by atoms with E-state index in [0.29, 0.717) is 24.9 Å². The summed E-state index contributed by atoms with van der Waals surface area (Å²) in [6, 6.07) is 12.6. The zero-order chi connectivity index (χ0) is 22.5. The fourth-order valence-corrected chi connectivity index (χ4v) is 3.94. The van der Waals surface area contributed by atoms with Crippen LogP contribution >= 0.6 is 0 Å². The number of rotatable bonds is 7. The van der Waals surface area contributed by atoms with Crippen LogP contribution in [0.2, 0.25) is 0 Å². The number of nitrogens with zero attached hydrogens (tertiary/aromatic N) is 3. The SMILES string of the molecule is C=CC(=O)OC1CCCCC1OC(=O)CCc1ccc(O)c(-n2nnc3ccccc32)c1. The van der Waals surface area contributed by atoms with E-state index in [2.05, 4.69) is 16.9 Å². The highest BCUT2D eigenvalue weighted by molar-refractivity contribution is 5.81. The van der Waals surface area contributed by atoms with Crippen molar-refractivity contribution < 1.29 is 24.2 Å². The summed E-state index contributed by atoms with van der Waals surface area (Å²) in [6.07, 6.45) is 4.05. The number of carbonyl (C=O) groups excluding carboxylic acids is 2. The number of phenolic OH excluding ortho intramolecular Hbond substituents is 1. The first-order chi connectivity index (χ1) is 15.5. The standard InChI is InChI=1S/C24H25N3O5/c1-2-23(29)31-21-9-5-6-10-22(21)32-24(30)14-12-16-11-13-20(28)19(15-16)27-18-8-4-3-7-17(18)25-26-27/h2-4,7-8,11,13,15,21-22,28H,1,5-6,9-10,12,14H2. The predicted octanol–water partition coefficient (Wildman–Crippen LogP) is 3.64. The number of benzene rings is 2. The summed E-state index contributed by atoms with van der Waals surface area (Å²) in [4.78, 5) is 24.0. The van der Waals surface area contributed by atoms with Gasteiger partial charge in [0.25, 0.3) is 0 Å². The molecule has 0 amide bonds. The first kappa shape index (κ1) is 21.5. The van der Waals surface area contributed by atoms with Crippen molar-refractivity contribution in [3.63, 3.8) is 0 Å². The Balaban J connectivity index is 1.41. The third kappa shape index (κ3) is 4.80. The van der Waals surface area contributed by atoms with Crippen LogP contribution in [0, 0.1) is 0 Å². The van der Waals surface area contributed by atoms with Crippen molar-refractivity contribution in [2.24, 2.45) is 0 Å². The number of esters is 2. The van der Waals surface area contributed by atoms with E-state index in [9.17, 15) is 14.7 Å². The molecule has 2 unspecified atom stereocenters. The zero-order valence-corrected chi connectivity index (χ0v) is 17.6. The number of ether oxygens (including phenoxy) is 2. The maximum atomic E-state index is 12.5. The van der Waals surface area contributed by atoms with E-state index in [-0.39, 0.29) is 18.1 Å². The van der Waals surface area contributed by atoms with Crippen molar-refractivity contribution in [2.45, 2.75) is 50.7 Å². The van der Waals surface area contributed by atoms with E-state index >= 15 is 0 Å². The average Bonchev–Trinajstić information content (AvgIpc) is 3.24. The van der Waals surface area contributed by atoms with Gasteiger partial charge >= 0.3 is 11.9 Å². The van der Waals surface area contributed by atoms with Gasteiger partial charge in [-0.1, -0.05) is 30.0 Å². The van der Waals surface area contributed by atoms with Crippen LogP contribution in [-0.4, -0.2) is 44.2 Å². The summed E-state index contributed by atoms with van der Waals surface area (Å²) in [5.41, 5.74) is 2.85. The van der Waals surface area contributed by atoms with Crippen molar-refractivity contribution in [3.8, 4) is 11.4 Å². The largest absolute Gasteiger partial charge is 0.506 e. The molecule has 1 aromatic heterocycles. The summed E-state index contributed by atoms with van der Waals surface area (Å²) < 4.78 is 12.5. The summed E-state index contributed by atoms with van der Waals surface area (Å²) in [7, 11) is 0. The van der Waals surface area contributed by atoms with E-state index in [1.165, 1.54) is 0 Å². The normalized spacial score (nSPS) is 18.2. The van der Waals surface area contributed by atoms with Crippen LogP contribution in [0.3, 0.4) is 0 Å². The number of carbonyl (C=O) groups is 2. The highest BCUT2D eigenvalue weighted by Gasteiger charge is 2.30. The molecule has 1 N–H and O–H groups in total. The van der Waals surface area contributed by atoms with Gasteiger partial charge in [-0.15, -0.1) is 5.10 Å². The van der Waals surface area contributed by atoms with Crippen LogP contribution < -0.4 is 0 Å². The zero-order valence-electron chi connectivity index (χ0n) is 17.6. The monoisotopic (exact) mass is 435 g/mol. The Morgan fingerprint density at radius 1 is 1.12 bits per heavy atom. The number of hydrogen-bond donors (Lipinski definition) is 1. The molecule has 0 aliphatic heterocycles. The lowest BCUT2D eigenvalue weighted by Crippen LogP contribution is -2.37. The minimum Gasteiger partial charge on any atom is -0.506 e. The number of aromatic nitrogens is 3. The Morgan fingerprint density at radius 2 is 1.88 bits per heavy atom. The maximum Gasteiger partial charge on any atom is 0.330 e. The second-order valence-electron chi connectivity index (χ2n) is 7.81. The lowest BCUT2D eigenvalue weighted by Gasteiger charge is -2.30. The molecule has 1 aliphatic carbocycles. The Bertz CT molecular complexity index is 1140. The molecular weight excluding hydrogens is 410 g/mol. The molecule has 1 fully saturated rings. The second-order valence-corrected chi connectivity index (χ2v) is 7.81. The van der Waals surface area contributed by atoms with Crippen molar-refractivity contribution >= 4 is 23.0 Å². The van der Waals surface area contributed by atoms with Gasteiger partial charge in [-0.3, -0.25) is 4.79 Å². The first-order valence-electron chi connectivity index (χ1n) is 10.7. The first-order valence-corrected chi connectivity index (χ1v) is 10.7. The molecule has 0 saturated heterocycles. The Labute approximate surface area is 185 Å². The van der Waals surface area contributed by atoms with E-state index in [4.69, 9.17) is 9.47 Å². The molecular formula is C24H25N3O5. The molecule has 8 nitrogen and oxygen atoms in total. The van der Waals surface area contributed by atoms with Gasteiger partial charge in [0.2, 0.25) is 0 Å². The van der Waals surface area contributed by atoms with Gasteiger partial charge in [0.15, 0.2) is 0 Å². The molecule has 8 heteroatoms. The third-order valence-corrected chi connectivity index (χ3v) is 5.60. The highest BCUT2D eigenvalue weighted by atomic mass is 16.6. The van der Waals surface area contributed by atoms with Crippen molar-refractivity contribution in [1.82, 2.24) is 15.0 Å². The van der Waals surface area contributed by atoms with Crippen LogP contribution in [0.15, 0.2) is 55.1 Å². The molecule has 166 valence electrons. The predicted molar refractivity (Wildman–Crippen MR) is 117 cm³/mol. The van der Waals surface area contributed by atoms with Gasteiger partial charge in [-0.25, -0.2) is 9.48 Å². The smallest absolute Gasteiger partial charge is 0.330 e. The summed E-state index contributed by atoms with van der Waals surface area (Å²) in [6.45, 7) is 3.41. The Kier molecular flexibility index (Phi) is 6.49. The highest BCUT2D eigenvalue weighted by Crippen LogP contribution is 2.27. The van der Waals surface area contributed by atoms with Gasteiger partial charge in [0.1, 0.15) is 29.2 Å². The third-order valence-electron chi connectivity index (χ3n) is 5.60. The van der Waals surface area contributed by atoms with Crippen LogP contribution in [0.4, 0.5) is 0 Å². The van der Waals surface area contributed by atoms with Crippen molar-refractivity contribution in [3.05, 3.63) is 60.7 Å². The second kappa shape index (κ2) is 9.64. The lowest BCUT2D eigenvalue weighted by molar-refractivity contribution is -0.168. The van der Waals surface area contributed by atoms with Gasteiger partial charge in [0.05, 0.1) is 5.52 Å². The van der Waals surface area contributed by atoms with E-state index in [1.54, 1.807) is 22.9 Å². The lowest BCUT2D eigenvalue weighted by atomic mass is 9.94. The van der Waals surface area contributed by atoms with Crippen LogP contribution in [0.5, 0.6) is 5.75 Å². The number of fused-ring (bicyclic) bond motifs is 1. The fraction of sp³-hybridized carbons (Fsp3) is 0.333. The molecule has 2 aromatic carbocycles. The number of para-hydroxylation sites is 1. The van der Waals surface area contributed by atoms with Crippen molar-refractivity contribution in [2.75, 3.05) is 0 Å². The molecule has 0 spiro atoms. The van der Waals surface area contributed by atoms with Gasteiger partial charge < -0.3 is 14.6 Å². The average molecular weight is 435 g/mol. The molecule has 0 radical (unpaired) electrons. The van der Waals surface area contributed by atoms with Crippen LogP contribution in [0.1, 0.15) is 37.7 Å². The van der Waals surface area contributed by atoms with Crippen molar-refractivity contribution in [1.29, 1.82) is 0 Å². The van der Waals surface area contributed by atoms with Gasteiger partial charge in [0, 0.05) is 12.5 Å². The summed E-state index contributed by atoms with van der Waals surface area (Å²) in [5.74, 6) is -0.784. The maximum absolute atomic E-state index is 12.5. The minimum absolute atomic E-state index is 0.0704. The fourth-order valence-electron chi connectivity index (χ4n) is 3.94. The number of aromatic hydroxyl groups is 1. The van der Waals surface area contributed by atoms with Gasteiger partial charge in [-0.05, 0) is 61.9 Å². The Morgan fingerprint density at radius 3 is 2.66 bits per heavy atom.